The molecule has 0 bridgehead atoms. The van der Waals surface area contributed by atoms with Gasteiger partial charge in [-0.1, -0.05) is 13.8 Å². The predicted molar refractivity (Wildman–Crippen MR) is 82.1 cm³/mol. The summed E-state index contributed by atoms with van der Waals surface area (Å²) in [6, 6.07) is 3.74. The molecule has 1 aromatic heterocycles. The Bertz CT molecular complexity index is 486. The van der Waals surface area contributed by atoms with Gasteiger partial charge in [-0.25, -0.2) is 4.98 Å². The first-order valence-electron chi connectivity index (χ1n) is 7.43. The molecule has 4 heteroatoms. The fourth-order valence-corrected chi connectivity index (χ4v) is 2.56. The maximum absolute atomic E-state index is 12.6. The molecule has 4 nitrogen and oxygen atoms in total. The van der Waals surface area contributed by atoms with Crippen molar-refractivity contribution < 1.29 is 4.79 Å². The summed E-state index contributed by atoms with van der Waals surface area (Å²) in [5.74, 6) is 0.915. The van der Waals surface area contributed by atoms with Crippen molar-refractivity contribution >= 4 is 11.7 Å². The first kappa shape index (κ1) is 14.8. The summed E-state index contributed by atoms with van der Waals surface area (Å²) in [5.41, 5.74) is 1.98. The van der Waals surface area contributed by atoms with Crippen molar-refractivity contribution in [2.75, 3.05) is 25.0 Å². The highest BCUT2D eigenvalue weighted by Crippen LogP contribution is 2.30. The van der Waals surface area contributed by atoms with Crippen LogP contribution in [0.2, 0.25) is 0 Å². The Hall–Kier alpha value is -1.58. The second-order valence-corrected chi connectivity index (χ2v) is 6.37. The highest BCUT2D eigenvalue weighted by atomic mass is 16.2. The lowest BCUT2D eigenvalue weighted by molar-refractivity contribution is 0.0630. The van der Waals surface area contributed by atoms with Crippen molar-refractivity contribution in [2.24, 2.45) is 5.41 Å². The van der Waals surface area contributed by atoms with Crippen LogP contribution in [0.25, 0.3) is 0 Å². The third-order valence-electron chi connectivity index (χ3n) is 3.96. The molecule has 1 N–H and O–H groups in total. The summed E-state index contributed by atoms with van der Waals surface area (Å²) < 4.78 is 0. The Morgan fingerprint density at radius 3 is 2.60 bits per heavy atom. The Morgan fingerprint density at radius 2 is 2.00 bits per heavy atom. The van der Waals surface area contributed by atoms with Gasteiger partial charge in [0.25, 0.3) is 5.91 Å². The molecular weight excluding hydrogens is 250 g/mol. The number of amides is 1. The van der Waals surface area contributed by atoms with Crippen LogP contribution in [0.1, 0.15) is 49.7 Å². The molecule has 0 unspecified atom stereocenters. The minimum absolute atomic E-state index is 0.130. The maximum Gasteiger partial charge on any atom is 0.254 e. The second-order valence-electron chi connectivity index (χ2n) is 6.37. The zero-order valence-electron chi connectivity index (χ0n) is 13.0. The standard InChI is InChI=1S/C16H25N3O/c1-5-17-14-11-13(10-12(2)18-14)15(20)19-8-6-16(3,4)7-9-19/h10-11H,5-9H2,1-4H3,(H,17,18). The normalized spacial score (nSPS) is 17.9. The average Bonchev–Trinajstić information content (AvgIpc) is 2.37. The van der Waals surface area contributed by atoms with Crippen molar-refractivity contribution in [3.8, 4) is 0 Å². The van der Waals surface area contributed by atoms with Crippen molar-refractivity contribution in [1.29, 1.82) is 0 Å². The molecule has 0 atom stereocenters. The fraction of sp³-hybridized carbons (Fsp3) is 0.625. The number of carbonyl (C=O) groups excluding carboxylic acids is 1. The van der Waals surface area contributed by atoms with Crippen LogP contribution in [0.15, 0.2) is 12.1 Å². The van der Waals surface area contributed by atoms with E-state index in [1.54, 1.807) is 0 Å². The summed E-state index contributed by atoms with van der Waals surface area (Å²) in [5, 5.41) is 3.18. The largest absolute Gasteiger partial charge is 0.370 e. The zero-order valence-corrected chi connectivity index (χ0v) is 13.0. The second kappa shape index (κ2) is 5.81. The summed E-state index contributed by atoms with van der Waals surface area (Å²) in [6.07, 6.45) is 2.14. The number of anilines is 1. The molecule has 0 aliphatic carbocycles. The molecule has 2 heterocycles. The summed E-state index contributed by atoms with van der Waals surface area (Å²) in [6.45, 7) is 11.0. The molecule has 0 spiro atoms. The van der Waals surface area contributed by atoms with Gasteiger partial charge in [-0.05, 0) is 44.2 Å². The quantitative estimate of drug-likeness (QED) is 0.922. The van der Waals surface area contributed by atoms with Crippen LogP contribution in [0.4, 0.5) is 5.82 Å². The Labute approximate surface area is 121 Å². The van der Waals surface area contributed by atoms with Gasteiger partial charge in [0.1, 0.15) is 5.82 Å². The smallest absolute Gasteiger partial charge is 0.254 e. The van der Waals surface area contributed by atoms with E-state index in [2.05, 4.69) is 24.1 Å². The SMILES string of the molecule is CCNc1cc(C(=O)N2CCC(C)(C)CC2)cc(C)n1. The van der Waals surface area contributed by atoms with Gasteiger partial charge in [-0.2, -0.15) is 0 Å². The number of aromatic nitrogens is 1. The van der Waals surface area contributed by atoms with Gasteiger partial charge in [0, 0.05) is 30.9 Å². The monoisotopic (exact) mass is 275 g/mol. The molecule has 2 rings (SSSR count). The number of hydrogen-bond donors (Lipinski definition) is 1. The van der Waals surface area contributed by atoms with Crippen molar-refractivity contribution in [3.05, 3.63) is 23.4 Å². The Balaban J connectivity index is 2.13. The number of carbonyl (C=O) groups is 1. The Kier molecular flexibility index (Phi) is 4.31. The number of nitrogens with one attached hydrogen (secondary N) is 1. The lowest BCUT2D eigenvalue weighted by Gasteiger charge is -2.37. The van der Waals surface area contributed by atoms with E-state index in [1.807, 2.05) is 30.9 Å². The van der Waals surface area contributed by atoms with Crippen LogP contribution in [0, 0.1) is 12.3 Å². The van der Waals surface area contributed by atoms with E-state index in [4.69, 9.17) is 0 Å². The molecule has 110 valence electrons. The van der Waals surface area contributed by atoms with Gasteiger partial charge in [-0.15, -0.1) is 0 Å². The van der Waals surface area contributed by atoms with Crippen LogP contribution in [0.5, 0.6) is 0 Å². The summed E-state index contributed by atoms with van der Waals surface area (Å²) >= 11 is 0. The topological polar surface area (TPSA) is 45.2 Å². The molecule has 0 aromatic carbocycles. The van der Waals surface area contributed by atoms with E-state index in [0.717, 1.165) is 49.6 Å². The van der Waals surface area contributed by atoms with E-state index in [-0.39, 0.29) is 5.91 Å². The van der Waals surface area contributed by atoms with E-state index in [1.165, 1.54) is 0 Å². The van der Waals surface area contributed by atoms with Crippen LogP contribution in [0.3, 0.4) is 0 Å². The molecule has 1 aromatic rings. The van der Waals surface area contributed by atoms with Crippen LogP contribution < -0.4 is 5.32 Å². The molecule has 0 radical (unpaired) electrons. The third-order valence-corrected chi connectivity index (χ3v) is 3.96. The Morgan fingerprint density at radius 1 is 1.35 bits per heavy atom. The maximum atomic E-state index is 12.6. The summed E-state index contributed by atoms with van der Waals surface area (Å²) in [4.78, 5) is 19.0. The van der Waals surface area contributed by atoms with E-state index in [0.29, 0.717) is 5.41 Å². The minimum atomic E-state index is 0.130. The molecule has 1 aliphatic heterocycles. The van der Waals surface area contributed by atoms with Crippen LogP contribution in [-0.2, 0) is 0 Å². The first-order chi connectivity index (χ1) is 9.41. The van der Waals surface area contributed by atoms with E-state index in [9.17, 15) is 4.79 Å². The number of aryl methyl sites for hydroxylation is 1. The highest BCUT2D eigenvalue weighted by molar-refractivity contribution is 5.95. The number of hydrogen-bond acceptors (Lipinski definition) is 3. The molecular formula is C16H25N3O. The van der Waals surface area contributed by atoms with Crippen LogP contribution in [-0.4, -0.2) is 35.4 Å². The molecule has 0 saturated carbocycles. The molecule has 1 fully saturated rings. The molecule has 1 saturated heterocycles. The summed E-state index contributed by atoms with van der Waals surface area (Å²) in [7, 11) is 0. The number of rotatable bonds is 3. The average molecular weight is 275 g/mol. The molecule has 20 heavy (non-hydrogen) atoms. The van der Waals surface area contributed by atoms with Crippen molar-refractivity contribution in [2.45, 2.75) is 40.5 Å². The lowest BCUT2D eigenvalue weighted by atomic mass is 9.82. The van der Waals surface area contributed by atoms with Crippen molar-refractivity contribution in [3.63, 3.8) is 0 Å². The number of piperidine rings is 1. The fourth-order valence-electron chi connectivity index (χ4n) is 2.56. The first-order valence-corrected chi connectivity index (χ1v) is 7.43. The van der Waals surface area contributed by atoms with E-state index >= 15 is 0 Å². The third kappa shape index (κ3) is 3.50. The highest BCUT2D eigenvalue weighted by Gasteiger charge is 2.28. The lowest BCUT2D eigenvalue weighted by Crippen LogP contribution is -2.41. The number of nitrogens with zero attached hydrogens (tertiary/aromatic N) is 2. The molecule has 1 amide bonds. The van der Waals surface area contributed by atoms with Crippen molar-refractivity contribution in [1.82, 2.24) is 9.88 Å². The van der Waals surface area contributed by atoms with Gasteiger partial charge in [-0.3, -0.25) is 4.79 Å². The van der Waals surface area contributed by atoms with Gasteiger partial charge < -0.3 is 10.2 Å². The zero-order chi connectivity index (χ0) is 14.8. The number of likely N-dealkylation sites (tertiary alicyclic amines) is 1. The van der Waals surface area contributed by atoms with Gasteiger partial charge in [0.05, 0.1) is 0 Å². The van der Waals surface area contributed by atoms with Gasteiger partial charge in [0.15, 0.2) is 0 Å². The molecule has 1 aliphatic rings. The van der Waals surface area contributed by atoms with Gasteiger partial charge >= 0.3 is 0 Å². The van der Waals surface area contributed by atoms with Gasteiger partial charge in [0.2, 0.25) is 0 Å². The van der Waals surface area contributed by atoms with Crippen LogP contribution >= 0.6 is 0 Å². The minimum Gasteiger partial charge on any atom is -0.370 e. The van der Waals surface area contributed by atoms with E-state index < -0.39 is 0 Å². The predicted octanol–water partition coefficient (Wildman–Crippen LogP) is 3.08. The number of pyridine rings is 1.